The van der Waals surface area contributed by atoms with Crippen molar-refractivity contribution < 1.29 is 19.8 Å². The highest BCUT2D eigenvalue weighted by Crippen LogP contribution is 2.38. The number of pyridine rings is 1. The summed E-state index contributed by atoms with van der Waals surface area (Å²) in [6.07, 6.45) is 1.56. The van der Waals surface area contributed by atoms with E-state index in [1.54, 1.807) is 41.9 Å². The van der Waals surface area contributed by atoms with Gasteiger partial charge in [-0.2, -0.15) is 0 Å². The highest BCUT2D eigenvalue weighted by Gasteiger charge is 2.44. The molecular weight excluding hydrogens is 316 g/mol. The second kappa shape index (κ2) is 6.31. The zero-order valence-electron chi connectivity index (χ0n) is 12.0. The van der Waals surface area contributed by atoms with Crippen LogP contribution in [0.15, 0.2) is 53.2 Å². The molecule has 1 unspecified atom stereocenters. The maximum atomic E-state index is 12.7. The summed E-state index contributed by atoms with van der Waals surface area (Å²) in [6, 6.07) is 7.72. The molecule has 3 rings (SSSR count). The van der Waals surface area contributed by atoms with Gasteiger partial charge in [0.15, 0.2) is 5.76 Å². The van der Waals surface area contributed by atoms with Crippen LogP contribution < -0.4 is 0 Å². The second-order valence-corrected chi connectivity index (χ2v) is 5.90. The molecule has 1 atom stereocenters. The fourth-order valence-electron chi connectivity index (χ4n) is 2.61. The molecule has 0 radical (unpaired) electrons. The standard InChI is InChI=1S/C16H14N2O4S/c19-8-7-18-13(10-4-1-2-6-17-10)12(15(21)16(18)22)14(20)11-5-3-9-23-11/h1-6,9,13,19,21H,7-8H2. The van der Waals surface area contributed by atoms with Crippen LogP contribution in [0.1, 0.15) is 21.4 Å². The number of carbonyl (C=O) groups is 2. The number of carbonyl (C=O) groups excluding carboxylic acids is 2. The molecule has 2 aromatic rings. The van der Waals surface area contributed by atoms with Crippen molar-refractivity contribution in [2.45, 2.75) is 6.04 Å². The van der Waals surface area contributed by atoms with E-state index < -0.39 is 23.5 Å². The number of hydrogen-bond donors (Lipinski definition) is 2. The van der Waals surface area contributed by atoms with E-state index >= 15 is 0 Å². The van der Waals surface area contributed by atoms with Crippen molar-refractivity contribution in [3.63, 3.8) is 0 Å². The van der Waals surface area contributed by atoms with Crippen LogP contribution in [0.4, 0.5) is 0 Å². The Hall–Kier alpha value is -2.51. The Labute approximate surface area is 136 Å². The maximum absolute atomic E-state index is 12.7. The number of aliphatic hydroxyl groups excluding tert-OH is 2. The minimum absolute atomic E-state index is 0.00426. The molecular formula is C16H14N2O4S. The molecule has 3 heterocycles. The Balaban J connectivity index is 2.10. The van der Waals surface area contributed by atoms with Gasteiger partial charge in [-0.05, 0) is 23.6 Å². The van der Waals surface area contributed by atoms with Gasteiger partial charge in [0.1, 0.15) is 6.04 Å². The molecule has 1 aliphatic rings. The van der Waals surface area contributed by atoms with E-state index in [4.69, 9.17) is 0 Å². The summed E-state index contributed by atoms with van der Waals surface area (Å²) >= 11 is 1.24. The summed E-state index contributed by atoms with van der Waals surface area (Å²) in [6.45, 7) is -0.270. The van der Waals surface area contributed by atoms with Crippen molar-refractivity contribution in [1.29, 1.82) is 0 Å². The van der Waals surface area contributed by atoms with Gasteiger partial charge < -0.3 is 15.1 Å². The van der Waals surface area contributed by atoms with E-state index in [-0.39, 0.29) is 18.7 Å². The normalized spacial score (nSPS) is 17.9. The van der Waals surface area contributed by atoms with Crippen LogP contribution >= 0.6 is 11.3 Å². The number of ketones is 1. The first-order chi connectivity index (χ1) is 11.1. The van der Waals surface area contributed by atoms with Crippen molar-refractivity contribution in [1.82, 2.24) is 9.88 Å². The van der Waals surface area contributed by atoms with E-state index in [0.717, 1.165) is 0 Å². The highest BCUT2D eigenvalue weighted by molar-refractivity contribution is 7.12. The van der Waals surface area contributed by atoms with E-state index in [1.165, 1.54) is 16.2 Å². The van der Waals surface area contributed by atoms with Gasteiger partial charge in [-0.15, -0.1) is 11.3 Å². The van der Waals surface area contributed by atoms with Gasteiger partial charge in [-0.1, -0.05) is 12.1 Å². The first kappa shape index (κ1) is 15.4. The lowest BCUT2D eigenvalue weighted by atomic mass is 9.99. The Bertz CT molecular complexity index is 756. The van der Waals surface area contributed by atoms with Crippen LogP contribution in [0.5, 0.6) is 0 Å². The average Bonchev–Trinajstić information content (AvgIpc) is 3.18. The third-order valence-corrected chi connectivity index (χ3v) is 4.47. The number of amides is 1. The minimum atomic E-state index is -0.801. The van der Waals surface area contributed by atoms with E-state index in [0.29, 0.717) is 10.6 Å². The number of aliphatic hydroxyl groups is 2. The monoisotopic (exact) mass is 330 g/mol. The Morgan fingerprint density at radius 3 is 2.74 bits per heavy atom. The average molecular weight is 330 g/mol. The van der Waals surface area contributed by atoms with Crippen LogP contribution in [-0.2, 0) is 4.79 Å². The number of rotatable bonds is 5. The topological polar surface area (TPSA) is 90.7 Å². The van der Waals surface area contributed by atoms with Gasteiger partial charge in [0.25, 0.3) is 5.91 Å². The van der Waals surface area contributed by atoms with Gasteiger partial charge in [-0.3, -0.25) is 14.6 Å². The van der Waals surface area contributed by atoms with E-state index in [1.807, 2.05) is 0 Å². The number of Topliss-reactive ketones (excluding diaryl/α,β-unsaturated/α-hetero) is 1. The summed E-state index contributed by atoms with van der Waals surface area (Å²) in [5.74, 6) is -1.65. The molecule has 1 amide bonds. The Morgan fingerprint density at radius 1 is 1.30 bits per heavy atom. The highest BCUT2D eigenvalue weighted by atomic mass is 32.1. The lowest BCUT2D eigenvalue weighted by Crippen LogP contribution is -2.33. The van der Waals surface area contributed by atoms with Crippen molar-refractivity contribution >= 4 is 23.0 Å². The zero-order chi connectivity index (χ0) is 16.4. The smallest absolute Gasteiger partial charge is 0.290 e. The van der Waals surface area contributed by atoms with E-state index in [2.05, 4.69) is 4.98 Å². The molecule has 0 spiro atoms. The summed E-state index contributed by atoms with van der Waals surface area (Å²) < 4.78 is 0. The zero-order valence-corrected chi connectivity index (χ0v) is 12.9. The number of thiophene rings is 1. The summed E-state index contributed by atoms with van der Waals surface area (Å²) in [7, 11) is 0. The first-order valence-corrected chi connectivity index (χ1v) is 7.87. The molecule has 0 aromatic carbocycles. The second-order valence-electron chi connectivity index (χ2n) is 4.95. The molecule has 2 aromatic heterocycles. The predicted molar refractivity (Wildman–Crippen MR) is 84.1 cm³/mol. The largest absolute Gasteiger partial charge is 0.503 e. The molecule has 0 saturated carbocycles. The minimum Gasteiger partial charge on any atom is -0.503 e. The third-order valence-electron chi connectivity index (χ3n) is 3.60. The Kier molecular flexibility index (Phi) is 4.22. The Morgan fingerprint density at radius 2 is 2.13 bits per heavy atom. The lowest BCUT2D eigenvalue weighted by Gasteiger charge is -2.25. The van der Waals surface area contributed by atoms with Crippen LogP contribution in [0.25, 0.3) is 0 Å². The van der Waals surface area contributed by atoms with Gasteiger partial charge in [0, 0.05) is 12.7 Å². The van der Waals surface area contributed by atoms with Crippen LogP contribution in [0.3, 0.4) is 0 Å². The van der Waals surface area contributed by atoms with Crippen molar-refractivity contribution in [3.05, 3.63) is 63.8 Å². The fourth-order valence-corrected chi connectivity index (χ4v) is 3.29. The molecule has 0 aliphatic carbocycles. The molecule has 118 valence electrons. The summed E-state index contributed by atoms with van der Waals surface area (Å²) in [5, 5.41) is 21.2. The molecule has 0 bridgehead atoms. The number of aromatic nitrogens is 1. The fraction of sp³-hybridized carbons (Fsp3) is 0.188. The molecule has 1 aliphatic heterocycles. The van der Waals surface area contributed by atoms with Gasteiger partial charge in [0.05, 0.1) is 22.8 Å². The molecule has 2 N–H and O–H groups in total. The number of nitrogens with zero attached hydrogens (tertiary/aromatic N) is 2. The molecule has 6 nitrogen and oxygen atoms in total. The quantitative estimate of drug-likeness (QED) is 0.815. The molecule has 7 heteroatoms. The van der Waals surface area contributed by atoms with Gasteiger partial charge in [-0.25, -0.2) is 0 Å². The predicted octanol–water partition coefficient (Wildman–Crippen LogP) is 1.71. The molecule has 23 heavy (non-hydrogen) atoms. The van der Waals surface area contributed by atoms with Crippen molar-refractivity contribution in [2.24, 2.45) is 0 Å². The van der Waals surface area contributed by atoms with Crippen molar-refractivity contribution in [2.75, 3.05) is 13.2 Å². The first-order valence-electron chi connectivity index (χ1n) is 6.99. The SMILES string of the molecule is O=C(C1=C(O)C(=O)N(CCO)C1c1ccccn1)c1cccs1. The summed E-state index contributed by atoms with van der Waals surface area (Å²) in [4.78, 5) is 30.9. The number of hydrogen-bond acceptors (Lipinski definition) is 6. The van der Waals surface area contributed by atoms with Crippen LogP contribution in [0.2, 0.25) is 0 Å². The summed E-state index contributed by atoms with van der Waals surface area (Å²) in [5.41, 5.74) is 0.475. The number of β-amino-alcohol motifs (C(OH)–C–C–N with tert-alkyl or cyclic N) is 1. The third kappa shape index (κ3) is 2.64. The lowest BCUT2D eigenvalue weighted by molar-refractivity contribution is -0.130. The van der Waals surface area contributed by atoms with Crippen LogP contribution in [-0.4, -0.2) is 44.9 Å². The molecule has 0 fully saturated rings. The van der Waals surface area contributed by atoms with Gasteiger partial charge in [0.2, 0.25) is 5.78 Å². The van der Waals surface area contributed by atoms with Gasteiger partial charge >= 0.3 is 0 Å². The molecule has 0 saturated heterocycles. The van der Waals surface area contributed by atoms with Crippen molar-refractivity contribution in [3.8, 4) is 0 Å². The van der Waals surface area contributed by atoms with E-state index in [9.17, 15) is 19.8 Å². The maximum Gasteiger partial charge on any atom is 0.290 e. The van der Waals surface area contributed by atoms with Crippen LogP contribution in [0, 0.1) is 0 Å².